The quantitative estimate of drug-likeness (QED) is 0.707. The average Bonchev–Trinajstić information content (AvgIpc) is 3.15. The van der Waals surface area contributed by atoms with Crippen LogP contribution in [0.1, 0.15) is 11.1 Å². The Morgan fingerprint density at radius 1 is 1.25 bits per heavy atom. The Labute approximate surface area is 163 Å². The van der Waals surface area contributed by atoms with E-state index in [1.807, 2.05) is 30.3 Å². The number of nitrogens with zero attached hydrogens (tertiary/aromatic N) is 2. The van der Waals surface area contributed by atoms with Crippen LogP contribution in [0.3, 0.4) is 0 Å². The van der Waals surface area contributed by atoms with Gasteiger partial charge in [0.05, 0.1) is 33.0 Å². The van der Waals surface area contributed by atoms with Gasteiger partial charge in [-0.25, -0.2) is 4.98 Å². The molecular weight excluding hydrogens is 358 g/mol. The Morgan fingerprint density at radius 2 is 2.11 bits per heavy atom. The first-order valence-electron chi connectivity index (χ1n) is 9.32. The van der Waals surface area contributed by atoms with Crippen molar-refractivity contribution < 1.29 is 18.7 Å². The van der Waals surface area contributed by atoms with E-state index in [1.54, 1.807) is 19.6 Å². The van der Waals surface area contributed by atoms with E-state index in [0.717, 1.165) is 41.2 Å². The average molecular weight is 381 g/mol. The molecule has 4 rings (SSSR count). The lowest BCUT2D eigenvalue weighted by Gasteiger charge is -2.29. The lowest BCUT2D eigenvalue weighted by atomic mass is 10.1. The number of methoxy groups -OCH3 is 1. The van der Waals surface area contributed by atoms with Gasteiger partial charge in [0.25, 0.3) is 0 Å². The summed E-state index contributed by atoms with van der Waals surface area (Å²) >= 11 is 0. The van der Waals surface area contributed by atoms with Gasteiger partial charge in [-0.3, -0.25) is 4.79 Å². The third kappa shape index (κ3) is 3.94. The second-order valence-electron chi connectivity index (χ2n) is 6.66. The highest BCUT2D eigenvalue weighted by Gasteiger charge is 2.17. The van der Waals surface area contributed by atoms with Gasteiger partial charge >= 0.3 is 0 Å². The molecule has 7 heteroatoms. The largest absolute Gasteiger partial charge is 0.497 e. The van der Waals surface area contributed by atoms with Gasteiger partial charge in [-0.2, -0.15) is 0 Å². The smallest absolute Gasteiger partial charge is 0.224 e. The number of nitrogens with one attached hydrogen (secondary N) is 1. The number of ether oxygens (including phenoxy) is 2. The molecule has 146 valence electrons. The fourth-order valence-corrected chi connectivity index (χ4v) is 3.38. The van der Waals surface area contributed by atoms with Gasteiger partial charge in [0.1, 0.15) is 17.2 Å². The Kier molecular flexibility index (Phi) is 5.43. The van der Waals surface area contributed by atoms with E-state index in [0.29, 0.717) is 25.3 Å². The van der Waals surface area contributed by atoms with Crippen molar-refractivity contribution in [2.45, 2.75) is 13.0 Å². The summed E-state index contributed by atoms with van der Waals surface area (Å²) < 4.78 is 16.2. The molecule has 3 aromatic rings. The van der Waals surface area contributed by atoms with E-state index in [9.17, 15) is 4.79 Å². The molecule has 1 aliphatic rings. The second kappa shape index (κ2) is 8.31. The molecule has 1 N–H and O–H groups in total. The molecule has 2 aromatic heterocycles. The SMILES string of the molecule is COc1ccc2c(CC(=O)NCc3cccnc3N3CCOCC3)coc2c1. The normalized spacial score (nSPS) is 14.2. The number of fused-ring (bicyclic) bond motifs is 1. The van der Waals surface area contributed by atoms with Crippen molar-refractivity contribution in [2.75, 3.05) is 38.3 Å². The fraction of sp³-hybridized carbons (Fsp3) is 0.333. The van der Waals surface area contributed by atoms with Crippen LogP contribution in [0.2, 0.25) is 0 Å². The number of anilines is 1. The van der Waals surface area contributed by atoms with Crippen molar-refractivity contribution in [2.24, 2.45) is 0 Å². The maximum absolute atomic E-state index is 12.5. The van der Waals surface area contributed by atoms with Crippen molar-refractivity contribution in [3.8, 4) is 5.75 Å². The number of hydrogen-bond acceptors (Lipinski definition) is 6. The molecule has 0 saturated carbocycles. The lowest BCUT2D eigenvalue weighted by Crippen LogP contribution is -2.38. The van der Waals surface area contributed by atoms with Crippen LogP contribution in [-0.4, -0.2) is 44.3 Å². The van der Waals surface area contributed by atoms with Crippen LogP contribution < -0.4 is 15.0 Å². The Balaban J connectivity index is 1.41. The molecule has 1 aliphatic heterocycles. The number of furan rings is 1. The highest BCUT2D eigenvalue weighted by molar-refractivity contribution is 5.88. The van der Waals surface area contributed by atoms with Crippen LogP contribution in [0.15, 0.2) is 47.2 Å². The van der Waals surface area contributed by atoms with Gasteiger partial charge in [-0.1, -0.05) is 6.07 Å². The maximum Gasteiger partial charge on any atom is 0.224 e. The first kappa shape index (κ1) is 18.3. The standard InChI is InChI=1S/C21H23N3O4/c1-26-17-4-5-18-16(14-28-19(18)12-17)11-20(25)23-13-15-3-2-6-22-21(15)24-7-9-27-10-8-24/h2-6,12,14H,7-11,13H2,1H3,(H,23,25). The Bertz CT molecular complexity index is 963. The predicted molar refractivity (Wildman–Crippen MR) is 106 cm³/mol. The number of morpholine rings is 1. The molecule has 0 spiro atoms. The van der Waals surface area contributed by atoms with Crippen LogP contribution in [-0.2, 0) is 22.5 Å². The molecule has 28 heavy (non-hydrogen) atoms. The molecule has 1 saturated heterocycles. The van der Waals surface area contributed by atoms with Crippen LogP contribution >= 0.6 is 0 Å². The van der Waals surface area contributed by atoms with Gasteiger partial charge in [0.15, 0.2) is 0 Å². The number of hydrogen-bond donors (Lipinski definition) is 1. The number of rotatable bonds is 6. The topological polar surface area (TPSA) is 76.8 Å². The molecule has 0 unspecified atom stereocenters. The number of benzene rings is 1. The molecular formula is C21H23N3O4. The molecule has 7 nitrogen and oxygen atoms in total. The first-order valence-corrected chi connectivity index (χ1v) is 9.32. The van der Waals surface area contributed by atoms with E-state index >= 15 is 0 Å². The van der Waals surface area contributed by atoms with Gasteiger partial charge in [-0.05, 0) is 18.2 Å². The third-order valence-corrected chi connectivity index (χ3v) is 4.87. The maximum atomic E-state index is 12.5. The summed E-state index contributed by atoms with van der Waals surface area (Å²) in [6.45, 7) is 3.44. The van der Waals surface area contributed by atoms with Crippen molar-refractivity contribution in [3.05, 3.63) is 53.9 Å². The van der Waals surface area contributed by atoms with Gasteiger partial charge in [0, 0.05) is 48.4 Å². The summed E-state index contributed by atoms with van der Waals surface area (Å²) in [6, 6.07) is 9.49. The number of carbonyl (C=O) groups is 1. The Morgan fingerprint density at radius 3 is 2.93 bits per heavy atom. The molecule has 0 atom stereocenters. The zero-order chi connectivity index (χ0) is 19.3. The number of carbonyl (C=O) groups excluding carboxylic acids is 1. The molecule has 1 aromatic carbocycles. The highest BCUT2D eigenvalue weighted by atomic mass is 16.5. The summed E-state index contributed by atoms with van der Waals surface area (Å²) in [5.41, 5.74) is 2.57. The van der Waals surface area contributed by atoms with Gasteiger partial charge in [0.2, 0.25) is 5.91 Å². The number of aromatic nitrogens is 1. The van der Waals surface area contributed by atoms with Crippen LogP contribution in [0, 0.1) is 0 Å². The lowest BCUT2D eigenvalue weighted by molar-refractivity contribution is -0.120. The minimum absolute atomic E-state index is 0.0599. The summed E-state index contributed by atoms with van der Waals surface area (Å²) in [5, 5.41) is 3.92. The Hall–Kier alpha value is -3.06. The zero-order valence-corrected chi connectivity index (χ0v) is 15.8. The van der Waals surface area contributed by atoms with Gasteiger partial charge in [-0.15, -0.1) is 0 Å². The number of amides is 1. The third-order valence-electron chi connectivity index (χ3n) is 4.87. The molecule has 0 aliphatic carbocycles. The molecule has 1 amide bonds. The first-order chi connectivity index (χ1) is 13.7. The molecule has 0 bridgehead atoms. The molecule has 3 heterocycles. The summed E-state index contributed by atoms with van der Waals surface area (Å²) in [7, 11) is 1.61. The molecule has 0 radical (unpaired) electrons. The molecule has 1 fully saturated rings. The second-order valence-corrected chi connectivity index (χ2v) is 6.66. The van der Waals surface area contributed by atoms with Crippen LogP contribution in [0.5, 0.6) is 5.75 Å². The summed E-state index contributed by atoms with van der Waals surface area (Å²) in [5.74, 6) is 1.58. The van der Waals surface area contributed by atoms with E-state index in [-0.39, 0.29) is 12.3 Å². The van der Waals surface area contributed by atoms with Gasteiger partial charge < -0.3 is 24.1 Å². The van der Waals surface area contributed by atoms with E-state index in [1.165, 1.54) is 0 Å². The zero-order valence-electron chi connectivity index (χ0n) is 15.8. The minimum Gasteiger partial charge on any atom is -0.497 e. The van der Waals surface area contributed by atoms with Crippen LogP contribution in [0.25, 0.3) is 11.0 Å². The summed E-state index contributed by atoms with van der Waals surface area (Å²) in [6.07, 6.45) is 3.67. The van der Waals surface area contributed by atoms with Crippen LogP contribution in [0.4, 0.5) is 5.82 Å². The van der Waals surface area contributed by atoms with Crippen molar-refractivity contribution >= 4 is 22.7 Å². The van der Waals surface area contributed by atoms with E-state index in [4.69, 9.17) is 13.9 Å². The van der Waals surface area contributed by atoms with E-state index in [2.05, 4.69) is 15.2 Å². The fourth-order valence-electron chi connectivity index (χ4n) is 3.38. The monoisotopic (exact) mass is 381 g/mol. The van der Waals surface area contributed by atoms with Crippen molar-refractivity contribution in [3.63, 3.8) is 0 Å². The number of pyridine rings is 1. The van der Waals surface area contributed by atoms with E-state index < -0.39 is 0 Å². The predicted octanol–water partition coefficient (Wildman–Crippen LogP) is 2.53. The summed E-state index contributed by atoms with van der Waals surface area (Å²) in [4.78, 5) is 19.2. The van der Waals surface area contributed by atoms with Crippen molar-refractivity contribution in [1.29, 1.82) is 0 Å². The minimum atomic E-state index is -0.0599. The highest BCUT2D eigenvalue weighted by Crippen LogP contribution is 2.26. The van der Waals surface area contributed by atoms with Crippen molar-refractivity contribution in [1.82, 2.24) is 10.3 Å².